The molecule has 4 heterocycles. The van der Waals surface area contributed by atoms with Crippen molar-refractivity contribution in [2.75, 3.05) is 23.3 Å². The molecule has 0 saturated carbocycles. The van der Waals surface area contributed by atoms with Crippen LogP contribution in [0.25, 0.3) is 10.6 Å². The minimum Gasteiger partial charge on any atom is -0.356 e. The van der Waals surface area contributed by atoms with Gasteiger partial charge in [0.1, 0.15) is 29.4 Å². The van der Waals surface area contributed by atoms with E-state index in [4.69, 9.17) is 0 Å². The summed E-state index contributed by atoms with van der Waals surface area (Å²) in [5, 5.41) is 9.30. The fourth-order valence-electron chi connectivity index (χ4n) is 3.23. The Morgan fingerprint density at radius 3 is 2.81 bits per heavy atom. The molecule has 0 aliphatic carbocycles. The number of nitrogens with one attached hydrogen (secondary N) is 1. The molecule has 1 amide bonds. The fraction of sp³-hybridized carbons (Fsp3) is 0.368. The third-order valence-electron chi connectivity index (χ3n) is 4.89. The van der Waals surface area contributed by atoms with Gasteiger partial charge in [0.2, 0.25) is 0 Å². The zero-order chi connectivity index (χ0) is 18.8. The SMILES string of the molecule is CC1CCN(c2cc(NC(=O)c3cc(-c4cccs4)nn3C)ncn2)CC1. The van der Waals surface area contributed by atoms with Crippen LogP contribution in [0.3, 0.4) is 0 Å². The first kappa shape index (κ1) is 17.7. The maximum absolute atomic E-state index is 12.7. The van der Waals surface area contributed by atoms with E-state index in [1.807, 2.05) is 23.6 Å². The van der Waals surface area contributed by atoms with Crippen molar-refractivity contribution in [2.45, 2.75) is 19.8 Å². The van der Waals surface area contributed by atoms with Crippen molar-refractivity contribution in [1.29, 1.82) is 0 Å². The normalized spacial score (nSPS) is 15.1. The first-order valence-electron chi connectivity index (χ1n) is 9.06. The Bertz CT molecular complexity index is 928. The number of aryl methyl sites for hydroxylation is 1. The van der Waals surface area contributed by atoms with Gasteiger partial charge < -0.3 is 10.2 Å². The highest BCUT2D eigenvalue weighted by atomic mass is 32.1. The second kappa shape index (κ2) is 7.48. The van der Waals surface area contributed by atoms with E-state index in [0.717, 1.165) is 48.2 Å². The third-order valence-corrected chi connectivity index (χ3v) is 5.78. The first-order chi connectivity index (χ1) is 13.1. The zero-order valence-electron chi connectivity index (χ0n) is 15.4. The number of nitrogens with zero attached hydrogens (tertiary/aromatic N) is 5. The van der Waals surface area contributed by atoms with Crippen LogP contribution < -0.4 is 10.2 Å². The summed E-state index contributed by atoms with van der Waals surface area (Å²) in [4.78, 5) is 24.6. The van der Waals surface area contributed by atoms with E-state index in [0.29, 0.717) is 11.5 Å². The molecule has 3 aromatic rings. The minimum atomic E-state index is -0.232. The van der Waals surface area contributed by atoms with Gasteiger partial charge in [0.25, 0.3) is 5.91 Å². The summed E-state index contributed by atoms with van der Waals surface area (Å²) in [7, 11) is 1.77. The molecular formula is C19H22N6OS. The van der Waals surface area contributed by atoms with E-state index in [1.54, 1.807) is 29.1 Å². The van der Waals surface area contributed by atoms with Gasteiger partial charge in [-0.3, -0.25) is 9.48 Å². The Morgan fingerprint density at radius 2 is 2.07 bits per heavy atom. The number of carbonyl (C=O) groups excluding carboxylic acids is 1. The molecular weight excluding hydrogens is 360 g/mol. The summed E-state index contributed by atoms with van der Waals surface area (Å²) in [5.74, 6) is 1.88. The number of carbonyl (C=O) groups is 1. The highest BCUT2D eigenvalue weighted by Gasteiger charge is 2.19. The van der Waals surface area contributed by atoms with Gasteiger partial charge in [0.15, 0.2) is 0 Å². The number of hydrogen-bond donors (Lipinski definition) is 1. The Balaban J connectivity index is 1.49. The first-order valence-corrected chi connectivity index (χ1v) is 9.94. The summed E-state index contributed by atoms with van der Waals surface area (Å²) < 4.78 is 1.60. The molecule has 8 heteroatoms. The lowest BCUT2D eigenvalue weighted by Gasteiger charge is -2.31. The average Bonchev–Trinajstić information content (AvgIpc) is 3.32. The van der Waals surface area contributed by atoms with Crippen LogP contribution in [0.5, 0.6) is 0 Å². The molecule has 140 valence electrons. The average molecular weight is 382 g/mol. The van der Waals surface area contributed by atoms with Crippen LogP contribution in [0.2, 0.25) is 0 Å². The maximum atomic E-state index is 12.7. The second-order valence-corrected chi connectivity index (χ2v) is 7.85. The lowest BCUT2D eigenvalue weighted by atomic mass is 9.99. The molecule has 3 aromatic heterocycles. The fourth-order valence-corrected chi connectivity index (χ4v) is 3.91. The largest absolute Gasteiger partial charge is 0.356 e. The monoisotopic (exact) mass is 382 g/mol. The predicted molar refractivity (Wildman–Crippen MR) is 107 cm³/mol. The summed E-state index contributed by atoms with van der Waals surface area (Å²) >= 11 is 1.60. The molecule has 0 unspecified atom stereocenters. The van der Waals surface area contributed by atoms with E-state index in [2.05, 4.69) is 32.2 Å². The quantitative estimate of drug-likeness (QED) is 0.748. The molecule has 27 heavy (non-hydrogen) atoms. The van der Waals surface area contributed by atoms with Gasteiger partial charge in [-0.25, -0.2) is 9.97 Å². The molecule has 1 fully saturated rings. The molecule has 1 aliphatic heterocycles. The van der Waals surface area contributed by atoms with Crippen molar-refractivity contribution in [2.24, 2.45) is 13.0 Å². The molecule has 0 spiro atoms. The molecule has 1 N–H and O–H groups in total. The third kappa shape index (κ3) is 3.85. The van der Waals surface area contributed by atoms with Crippen molar-refractivity contribution in [3.63, 3.8) is 0 Å². The summed E-state index contributed by atoms with van der Waals surface area (Å²) in [6, 6.07) is 7.60. The van der Waals surface area contributed by atoms with E-state index in [9.17, 15) is 4.79 Å². The van der Waals surface area contributed by atoms with Crippen LogP contribution in [0, 0.1) is 5.92 Å². The summed E-state index contributed by atoms with van der Waals surface area (Å²) in [5.41, 5.74) is 1.29. The van der Waals surface area contributed by atoms with E-state index >= 15 is 0 Å². The van der Waals surface area contributed by atoms with Crippen LogP contribution in [0.4, 0.5) is 11.6 Å². The standard InChI is InChI=1S/C19H22N6OS/c1-13-5-7-25(8-6-13)18-11-17(20-12-21-18)22-19(26)15-10-14(23-24(15)2)16-4-3-9-27-16/h3-4,9-13H,5-8H2,1-2H3,(H,20,21,22,26). The molecule has 7 nitrogen and oxygen atoms in total. The van der Waals surface area contributed by atoms with E-state index in [1.165, 1.54) is 6.33 Å². The molecule has 0 radical (unpaired) electrons. The number of aromatic nitrogens is 4. The molecule has 4 rings (SSSR count). The molecule has 0 aromatic carbocycles. The Hall–Kier alpha value is -2.74. The number of anilines is 2. The number of rotatable bonds is 4. The van der Waals surface area contributed by atoms with Crippen LogP contribution in [-0.2, 0) is 7.05 Å². The number of piperidine rings is 1. The Labute approximate surface area is 162 Å². The molecule has 0 atom stereocenters. The van der Waals surface area contributed by atoms with E-state index < -0.39 is 0 Å². The van der Waals surface area contributed by atoms with Gasteiger partial charge in [0, 0.05) is 26.2 Å². The van der Waals surface area contributed by atoms with Gasteiger partial charge in [-0.05, 0) is 36.3 Å². The predicted octanol–water partition coefficient (Wildman–Crippen LogP) is 3.43. The van der Waals surface area contributed by atoms with Crippen LogP contribution >= 0.6 is 11.3 Å². The van der Waals surface area contributed by atoms with Crippen molar-refractivity contribution >= 4 is 28.9 Å². The second-order valence-electron chi connectivity index (χ2n) is 6.90. The number of amides is 1. The van der Waals surface area contributed by atoms with Crippen molar-refractivity contribution < 1.29 is 4.79 Å². The van der Waals surface area contributed by atoms with Gasteiger partial charge in [-0.15, -0.1) is 11.3 Å². The van der Waals surface area contributed by atoms with Crippen molar-refractivity contribution in [1.82, 2.24) is 19.7 Å². The summed E-state index contributed by atoms with van der Waals surface area (Å²) in [6.45, 7) is 4.25. The van der Waals surface area contributed by atoms with E-state index in [-0.39, 0.29) is 5.91 Å². The van der Waals surface area contributed by atoms with Gasteiger partial charge in [-0.1, -0.05) is 13.0 Å². The minimum absolute atomic E-state index is 0.232. The zero-order valence-corrected chi connectivity index (χ0v) is 16.2. The molecule has 1 aliphatic rings. The van der Waals surface area contributed by atoms with Crippen LogP contribution in [-0.4, -0.2) is 38.7 Å². The van der Waals surface area contributed by atoms with Gasteiger partial charge in [0.05, 0.1) is 4.88 Å². The van der Waals surface area contributed by atoms with Gasteiger partial charge >= 0.3 is 0 Å². The van der Waals surface area contributed by atoms with Crippen LogP contribution in [0.15, 0.2) is 36.0 Å². The highest BCUT2D eigenvalue weighted by Crippen LogP contribution is 2.25. The molecule has 1 saturated heterocycles. The number of thiophene rings is 1. The highest BCUT2D eigenvalue weighted by molar-refractivity contribution is 7.13. The van der Waals surface area contributed by atoms with Crippen molar-refractivity contribution in [3.8, 4) is 10.6 Å². The van der Waals surface area contributed by atoms with Gasteiger partial charge in [-0.2, -0.15) is 5.10 Å². The Morgan fingerprint density at radius 1 is 1.26 bits per heavy atom. The lowest BCUT2D eigenvalue weighted by Crippen LogP contribution is -2.33. The number of hydrogen-bond acceptors (Lipinski definition) is 6. The Kier molecular flexibility index (Phi) is 4.89. The maximum Gasteiger partial charge on any atom is 0.275 e. The van der Waals surface area contributed by atoms with Crippen molar-refractivity contribution in [3.05, 3.63) is 41.7 Å². The smallest absolute Gasteiger partial charge is 0.275 e. The topological polar surface area (TPSA) is 75.9 Å². The summed E-state index contributed by atoms with van der Waals surface area (Å²) in [6.07, 6.45) is 3.82. The van der Waals surface area contributed by atoms with Crippen LogP contribution in [0.1, 0.15) is 30.3 Å². The lowest BCUT2D eigenvalue weighted by molar-refractivity contribution is 0.101. The molecule has 0 bridgehead atoms.